The van der Waals surface area contributed by atoms with E-state index in [2.05, 4.69) is 57.9 Å². The second-order valence-electron chi connectivity index (χ2n) is 11.6. The van der Waals surface area contributed by atoms with E-state index in [4.69, 9.17) is 18.9 Å². The predicted octanol–water partition coefficient (Wildman–Crippen LogP) is 3.32. The molecule has 6 fully saturated rings. The molecule has 8 heteroatoms. The summed E-state index contributed by atoms with van der Waals surface area (Å²) in [5.74, 6) is 0.959. The molecular formula is C24H26Br2O6. The molecule has 32 heavy (non-hydrogen) atoms. The zero-order chi connectivity index (χ0) is 22.4. The number of rotatable bonds is 0. The highest BCUT2D eigenvalue weighted by Crippen LogP contribution is 2.69. The van der Waals surface area contributed by atoms with Crippen LogP contribution in [0.3, 0.4) is 0 Å². The maximum atomic E-state index is 12.7. The third kappa shape index (κ3) is 2.09. The van der Waals surface area contributed by atoms with Gasteiger partial charge in [0.1, 0.15) is 0 Å². The zero-order valence-electron chi connectivity index (χ0n) is 18.2. The van der Waals surface area contributed by atoms with Gasteiger partial charge < -0.3 is 18.9 Å². The normalized spacial score (nSPS) is 57.8. The van der Waals surface area contributed by atoms with Crippen molar-refractivity contribution in [3.63, 3.8) is 0 Å². The van der Waals surface area contributed by atoms with E-state index in [1.807, 2.05) is 0 Å². The van der Waals surface area contributed by atoms with E-state index in [1.54, 1.807) is 0 Å². The summed E-state index contributed by atoms with van der Waals surface area (Å²) in [4.78, 5) is 25.3. The molecule has 10 aliphatic rings. The first kappa shape index (κ1) is 20.9. The Bertz CT molecular complexity index is 961. The summed E-state index contributed by atoms with van der Waals surface area (Å²) in [6, 6.07) is 0. The lowest BCUT2D eigenvalue weighted by molar-refractivity contribution is -0.146. The van der Waals surface area contributed by atoms with Crippen LogP contribution in [0.25, 0.3) is 0 Å². The lowest BCUT2D eigenvalue weighted by Gasteiger charge is -2.52. The maximum Gasteiger partial charge on any atom is 0.180 e. The van der Waals surface area contributed by atoms with Gasteiger partial charge in [0.15, 0.2) is 22.8 Å². The number of carbonyl (C=O) groups excluding carboxylic acids is 2. The van der Waals surface area contributed by atoms with E-state index in [9.17, 15) is 9.59 Å². The van der Waals surface area contributed by atoms with Crippen LogP contribution in [-0.4, -0.2) is 62.4 Å². The number of halogens is 2. The summed E-state index contributed by atoms with van der Waals surface area (Å²) in [7, 11) is 0. The molecule has 4 bridgehead atoms. The van der Waals surface area contributed by atoms with Gasteiger partial charge in [-0.1, -0.05) is 57.9 Å². The standard InChI is InChI=1S/2C12H13BrO3/c2*1-10-2-7-8(13)3-11(10,5-15-4-10)9(14)12(7)6-16-12/h2*3,7H,2,4-6H2,1H3/t7?,10-,11+,12+;7?,10-,11+,12-/m11/s1. The molecule has 2 unspecified atom stereocenters. The van der Waals surface area contributed by atoms with Crippen LogP contribution in [0.5, 0.6) is 0 Å². The summed E-state index contributed by atoms with van der Waals surface area (Å²) in [5, 5.41) is 0. The van der Waals surface area contributed by atoms with Crippen LogP contribution in [0.1, 0.15) is 26.7 Å². The van der Waals surface area contributed by atoms with Crippen molar-refractivity contribution in [3.8, 4) is 0 Å². The van der Waals surface area contributed by atoms with Crippen LogP contribution in [0.15, 0.2) is 21.1 Å². The van der Waals surface area contributed by atoms with Gasteiger partial charge in [0.2, 0.25) is 0 Å². The molecule has 4 spiro atoms. The van der Waals surface area contributed by atoms with Gasteiger partial charge in [0, 0.05) is 22.7 Å². The lowest BCUT2D eigenvalue weighted by atomic mass is 9.49. The van der Waals surface area contributed by atoms with Crippen molar-refractivity contribution >= 4 is 43.4 Å². The Labute approximate surface area is 203 Å². The molecule has 6 aliphatic carbocycles. The topological polar surface area (TPSA) is 77.7 Å². The van der Waals surface area contributed by atoms with Crippen molar-refractivity contribution in [2.24, 2.45) is 33.5 Å². The fourth-order valence-corrected chi connectivity index (χ4v) is 9.48. The van der Waals surface area contributed by atoms with Gasteiger partial charge in [0.25, 0.3) is 0 Å². The molecule has 4 saturated heterocycles. The molecular weight excluding hydrogens is 544 g/mol. The van der Waals surface area contributed by atoms with Gasteiger partial charge in [-0.3, -0.25) is 9.59 Å². The molecule has 10 rings (SSSR count). The first-order valence-electron chi connectivity index (χ1n) is 11.4. The summed E-state index contributed by atoms with van der Waals surface area (Å²) >= 11 is 7.23. The van der Waals surface area contributed by atoms with E-state index < -0.39 is 22.0 Å². The number of hydrogen-bond donors (Lipinski definition) is 0. The van der Waals surface area contributed by atoms with E-state index >= 15 is 0 Å². The molecule has 4 aliphatic heterocycles. The number of carbonyl (C=O) groups is 2. The first-order chi connectivity index (χ1) is 15.1. The van der Waals surface area contributed by atoms with Crippen LogP contribution in [0.4, 0.5) is 0 Å². The van der Waals surface area contributed by atoms with E-state index in [1.165, 1.54) is 0 Å². The second-order valence-corrected chi connectivity index (χ2v) is 13.5. The van der Waals surface area contributed by atoms with E-state index in [-0.39, 0.29) is 34.2 Å². The average molecular weight is 570 g/mol. The minimum absolute atomic E-state index is 0.0246. The molecule has 172 valence electrons. The second kappa shape index (κ2) is 5.88. The van der Waals surface area contributed by atoms with Gasteiger partial charge in [-0.05, 0) is 21.8 Å². The molecule has 2 saturated carbocycles. The Balaban J connectivity index is 0.000000113. The molecule has 0 aromatic heterocycles. The first-order valence-corrected chi connectivity index (χ1v) is 13.0. The number of ether oxygens (including phenoxy) is 4. The smallest absolute Gasteiger partial charge is 0.180 e. The molecule has 0 N–H and O–H groups in total. The van der Waals surface area contributed by atoms with Crippen LogP contribution in [-0.2, 0) is 28.5 Å². The third-order valence-electron chi connectivity index (χ3n) is 10.0. The zero-order valence-corrected chi connectivity index (χ0v) is 21.3. The molecule has 0 aromatic carbocycles. The van der Waals surface area contributed by atoms with E-state index in [0.717, 1.165) is 21.8 Å². The number of epoxide rings is 2. The number of Topliss-reactive ketones (excluding diaryl/α,β-unsaturated/α-hetero) is 2. The predicted molar refractivity (Wildman–Crippen MR) is 120 cm³/mol. The largest absolute Gasteiger partial charge is 0.379 e. The molecule has 8 atom stereocenters. The van der Waals surface area contributed by atoms with Crippen LogP contribution in [0.2, 0.25) is 0 Å². The SMILES string of the molecule is C[C@@]12COC[C@]13C=C(Br)C(C2)[C@@]1(CO1)C3=O.C[C@@]12COC[C@]13C=C(Br)C(C2)[C@]1(CO1)C3=O. The Morgan fingerprint density at radius 1 is 0.719 bits per heavy atom. The Kier molecular flexibility index (Phi) is 3.85. The summed E-state index contributed by atoms with van der Waals surface area (Å²) < 4.78 is 24.6. The van der Waals surface area contributed by atoms with Crippen LogP contribution in [0, 0.1) is 33.5 Å². The Hall–Kier alpha value is -0.380. The highest BCUT2D eigenvalue weighted by Gasteiger charge is 2.77. The minimum Gasteiger partial charge on any atom is -0.379 e. The minimum atomic E-state index is -0.499. The fraction of sp³-hybridized carbons (Fsp3) is 0.750. The molecule has 6 nitrogen and oxygen atoms in total. The Morgan fingerprint density at radius 2 is 1.09 bits per heavy atom. The van der Waals surface area contributed by atoms with Gasteiger partial charge in [0.05, 0.1) is 50.5 Å². The number of ketones is 2. The summed E-state index contributed by atoms with van der Waals surface area (Å²) in [5.41, 5.74) is -1.91. The van der Waals surface area contributed by atoms with E-state index in [0.29, 0.717) is 39.6 Å². The van der Waals surface area contributed by atoms with Crippen molar-refractivity contribution in [1.82, 2.24) is 0 Å². The molecule has 4 heterocycles. The molecule has 0 amide bonds. The van der Waals surface area contributed by atoms with Crippen molar-refractivity contribution in [1.29, 1.82) is 0 Å². The fourth-order valence-electron chi connectivity index (χ4n) is 7.64. The monoisotopic (exact) mass is 568 g/mol. The highest BCUT2D eigenvalue weighted by atomic mass is 79.9. The van der Waals surface area contributed by atoms with Gasteiger partial charge in [-0.25, -0.2) is 0 Å². The summed E-state index contributed by atoms with van der Waals surface area (Å²) in [6.07, 6.45) is 6.19. The van der Waals surface area contributed by atoms with Gasteiger partial charge in [-0.2, -0.15) is 0 Å². The van der Waals surface area contributed by atoms with Crippen molar-refractivity contribution in [2.75, 3.05) is 39.6 Å². The number of hydrogen-bond acceptors (Lipinski definition) is 6. The van der Waals surface area contributed by atoms with Crippen molar-refractivity contribution in [3.05, 3.63) is 21.1 Å². The molecule has 0 aromatic rings. The average Bonchev–Trinajstić information content (AvgIpc) is 3.64. The summed E-state index contributed by atoms with van der Waals surface area (Å²) in [6.45, 7) is 7.98. The van der Waals surface area contributed by atoms with Crippen molar-refractivity contribution in [2.45, 2.75) is 37.9 Å². The quantitative estimate of drug-likeness (QED) is 0.417. The highest BCUT2D eigenvalue weighted by molar-refractivity contribution is 9.12. The van der Waals surface area contributed by atoms with Crippen molar-refractivity contribution < 1.29 is 28.5 Å². The van der Waals surface area contributed by atoms with Gasteiger partial charge >= 0.3 is 0 Å². The lowest BCUT2D eigenvalue weighted by Crippen LogP contribution is -2.61. The molecule has 0 radical (unpaired) electrons. The van der Waals surface area contributed by atoms with Gasteiger partial charge in [-0.15, -0.1) is 0 Å². The Morgan fingerprint density at radius 3 is 1.44 bits per heavy atom. The van der Waals surface area contributed by atoms with Crippen LogP contribution < -0.4 is 0 Å². The third-order valence-corrected chi connectivity index (χ3v) is 11.6. The maximum absolute atomic E-state index is 12.7. The van der Waals surface area contributed by atoms with Crippen LogP contribution >= 0.6 is 31.9 Å².